The summed E-state index contributed by atoms with van der Waals surface area (Å²) >= 11 is 0. The van der Waals surface area contributed by atoms with Crippen molar-refractivity contribution in [2.45, 2.75) is 58.3 Å². The molecule has 1 saturated heterocycles. The smallest absolute Gasteiger partial charge is 0.317 e. The molecule has 1 heterocycles. The highest BCUT2D eigenvalue weighted by molar-refractivity contribution is 6.93. The van der Waals surface area contributed by atoms with Crippen LogP contribution in [0.2, 0.25) is 51.9 Å². The molecular formula is C17H34N2O6Si4. The van der Waals surface area contributed by atoms with Crippen LogP contribution in [0.5, 0.6) is 0 Å². The molecule has 0 saturated carbocycles. The highest BCUT2D eigenvalue weighted by atomic mass is 28.5. The molecule has 12 heteroatoms. The first-order chi connectivity index (χ1) is 13.1. The Bertz CT molecular complexity index is 707. The van der Waals surface area contributed by atoms with Crippen molar-refractivity contribution in [3.05, 3.63) is 34.4 Å². The first-order valence-corrected chi connectivity index (χ1v) is 20.9. The molecule has 8 nitrogen and oxygen atoms in total. The molecule has 1 fully saturated rings. The van der Waals surface area contributed by atoms with Crippen LogP contribution in [-0.2, 0) is 16.5 Å². The summed E-state index contributed by atoms with van der Waals surface area (Å²) < 4.78 is 26.0. The zero-order valence-electron chi connectivity index (χ0n) is 18.8. The molecule has 0 spiro atoms. The van der Waals surface area contributed by atoms with Crippen LogP contribution in [0.25, 0.3) is 0 Å². The van der Waals surface area contributed by atoms with Gasteiger partial charge in [0.25, 0.3) is 5.69 Å². The summed E-state index contributed by atoms with van der Waals surface area (Å²) in [6.07, 6.45) is 0.895. The summed E-state index contributed by atoms with van der Waals surface area (Å²) in [6, 6.07) is 7.46. The average molecular weight is 475 g/mol. The molecule has 0 amide bonds. The quantitative estimate of drug-likeness (QED) is 0.336. The van der Waals surface area contributed by atoms with Gasteiger partial charge in [-0.05, 0) is 70.4 Å². The lowest BCUT2D eigenvalue weighted by molar-refractivity contribution is -0.384. The SMILES string of the molecule is CN(CCC[Si]1(C)O[Si](C)(C)O[Si](C)(C)O[Si](C)(C)O1)c1ccc([N+](=O)[O-])cc1. The van der Waals surface area contributed by atoms with Gasteiger partial charge in [0.2, 0.25) is 0 Å². The highest BCUT2D eigenvalue weighted by Gasteiger charge is 2.52. The van der Waals surface area contributed by atoms with Gasteiger partial charge in [0.1, 0.15) is 0 Å². The van der Waals surface area contributed by atoms with Crippen LogP contribution in [-0.4, -0.2) is 52.8 Å². The molecule has 0 unspecified atom stereocenters. The Labute approximate surface area is 178 Å². The predicted octanol–water partition coefficient (Wildman–Crippen LogP) is 4.68. The van der Waals surface area contributed by atoms with E-state index in [0.717, 1.165) is 24.7 Å². The van der Waals surface area contributed by atoms with E-state index in [2.05, 4.69) is 50.7 Å². The number of rotatable bonds is 6. The third kappa shape index (κ3) is 7.39. The lowest BCUT2D eigenvalue weighted by Crippen LogP contribution is -2.65. The Kier molecular flexibility index (Phi) is 7.32. The van der Waals surface area contributed by atoms with Crippen LogP contribution < -0.4 is 4.90 Å². The summed E-state index contributed by atoms with van der Waals surface area (Å²) in [5.74, 6) is 0. The second-order valence-corrected chi connectivity index (χ2v) is 23.5. The molecule has 29 heavy (non-hydrogen) atoms. The summed E-state index contributed by atoms with van der Waals surface area (Å²) in [5.41, 5.74) is 1.05. The van der Waals surface area contributed by atoms with E-state index in [4.69, 9.17) is 16.5 Å². The second-order valence-electron chi connectivity index (χ2n) is 9.04. The predicted molar refractivity (Wildman–Crippen MR) is 124 cm³/mol. The van der Waals surface area contributed by atoms with E-state index in [0.29, 0.717) is 0 Å². The van der Waals surface area contributed by atoms with Crippen molar-refractivity contribution >= 4 is 45.6 Å². The molecule has 164 valence electrons. The average Bonchev–Trinajstić information content (AvgIpc) is 2.49. The lowest BCUT2D eigenvalue weighted by atomic mass is 10.2. The standard InChI is InChI=1S/C17H34N2O6Si4/c1-18(16-10-12-17(13-11-16)19(20)21)14-9-15-29(8)24-27(4,5)22-26(2,3)23-28(6,7)25-29/h10-13H,9,14-15H2,1-8H3. The van der Waals surface area contributed by atoms with Crippen LogP contribution in [0.3, 0.4) is 0 Å². The van der Waals surface area contributed by atoms with Crippen molar-refractivity contribution in [2.75, 3.05) is 18.5 Å². The first kappa shape index (κ1) is 24.4. The maximum absolute atomic E-state index is 10.8. The van der Waals surface area contributed by atoms with Gasteiger partial charge < -0.3 is 21.4 Å². The van der Waals surface area contributed by atoms with E-state index in [-0.39, 0.29) is 10.6 Å². The Balaban J connectivity index is 2.02. The van der Waals surface area contributed by atoms with Crippen LogP contribution in [0.15, 0.2) is 24.3 Å². The summed E-state index contributed by atoms with van der Waals surface area (Å²) in [6.45, 7) is 15.3. The Morgan fingerprint density at radius 2 is 1.31 bits per heavy atom. The number of nitrogens with zero attached hydrogens (tertiary/aromatic N) is 2. The fourth-order valence-corrected chi connectivity index (χ4v) is 25.6. The molecule has 0 N–H and O–H groups in total. The Morgan fingerprint density at radius 1 is 0.862 bits per heavy atom. The summed E-state index contributed by atoms with van der Waals surface area (Å²) in [5, 5.41) is 10.8. The molecular weight excluding hydrogens is 441 g/mol. The molecule has 1 aliphatic heterocycles. The maximum Gasteiger partial charge on any atom is 0.317 e. The molecule has 0 atom stereocenters. The third-order valence-electron chi connectivity index (χ3n) is 4.53. The van der Waals surface area contributed by atoms with Gasteiger partial charge in [-0.1, -0.05) is 0 Å². The number of hydrogen-bond donors (Lipinski definition) is 0. The number of benzene rings is 1. The van der Waals surface area contributed by atoms with Crippen molar-refractivity contribution < 1.29 is 21.4 Å². The third-order valence-corrected chi connectivity index (χ3v) is 21.0. The number of nitro benzene ring substituents is 1. The van der Waals surface area contributed by atoms with E-state index in [1.165, 1.54) is 12.1 Å². The monoisotopic (exact) mass is 474 g/mol. The fraction of sp³-hybridized carbons (Fsp3) is 0.647. The summed E-state index contributed by atoms with van der Waals surface area (Å²) in [4.78, 5) is 12.5. The zero-order chi connectivity index (χ0) is 22.1. The van der Waals surface area contributed by atoms with Crippen LogP contribution >= 0.6 is 0 Å². The minimum Gasteiger partial charge on any atom is -0.416 e. The molecule has 1 aromatic carbocycles. The topological polar surface area (TPSA) is 83.3 Å². The molecule has 0 aromatic heterocycles. The Morgan fingerprint density at radius 3 is 1.76 bits per heavy atom. The van der Waals surface area contributed by atoms with Crippen LogP contribution in [0.1, 0.15) is 6.42 Å². The number of non-ortho nitro benzene ring substituents is 1. The van der Waals surface area contributed by atoms with E-state index in [1.807, 2.05) is 7.05 Å². The number of nitro groups is 1. The molecule has 1 aromatic rings. The van der Waals surface area contributed by atoms with E-state index < -0.39 is 34.2 Å². The largest absolute Gasteiger partial charge is 0.416 e. The molecule has 0 bridgehead atoms. The van der Waals surface area contributed by atoms with Gasteiger partial charge in [0.15, 0.2) is 0 Å². The minimum atomic E-state index is -2.46. The van der Waals surface area contributed by atoms with E-state index in [9.17, 15) is 10.1 Å². The van der Waals surface area contributed by atoms with E-state index >= 15 is 0 Å². The van der Waals surface area contributed by atoms with Gasteiger partial charge in [0.05, 0.1) is 4.92 Å². The number of hydrogen-bond acceptors (Lipinski definition) is 7. The van der Waals surface area contributed by atoms with Crippen LogP contribution in [0.4, 0.5) is 11.4 Å². The first-order valence-electron chi connectivity index (χ1n) is 9.88. The van der Waals surface area contributed by atoms with Gasteiger partial charge in [-0.2, -0.15) is 0 Å². The van der Waals surface area contributed by atoms with Crippen molar-refractivity contribution in [1.82, 2.24) is 0 Å². The normalized spacial score (nSPS) is 22.3. The van der Waals surface area contributed by atoms with Crippen molar-refractivity contribution in [1.29, 1.82) is 0 Å². The Hall–Kier alpha value is -0.872. The van der Waals surface area contributed by atoms with Gasteiger partial charge in [-0.3, -0.25) is 10.1 Å². The van der Waals surface area contributed by atoms with Gasteiger partial charge in [-0.15, -0.1) is 0 Å². The summed E-state index contributed by atoms with van der Waals surface area (Å²) in [7, 11) is -7.44. The lowest BCUT2D eigenvalue weighted by Gasteiger charge is -2.47. The molecule has 2 rings (SSSR count). The maximum atomic E-state index is 10.8. The second kappa shape index (κ2) is 8.70. The van der Waals surface area contributed by atoms with Crippen molar-refractivity contribution in [2.24, 2.45) is 0 Å². The highest BCUT2D eigenvalue weighted by Crippen LogP contribution is 2.33. The fourth-order valence-electron chi connectivity index (χ4n) is 4.00. The van der Waals surface area contributed by atoms with Gasteiger partial charge >= 0.3 is 34.2 Å². The molecule has 0 radical (unpaired) electrons. The van der Waals surface area contributed by atoms with Crippen molar-refractivity contribution in [3.63, 3.8) is 0 Å². The zero-order valence-corrected chi connectivity index (χ0v) is 22.8. The van der Waals surface area contributed by atoms with Crippen LogP contribution in [0, 0.1) is 10.1 Å². The van der Waals surface area contributed by atoms with E-state index in [1.54, 1.807) is 12.1 Å². The van der Waals surface area contributed by atoms with Gasteiger partial charge in [0, 0.05) is 31.4 Å². The molecule has 1 aliphatic rings. The van der Waals surface area contributed by atoms with Gasteiger partial charge in [-0.25, -0.2) is 0 Å². The van der Waals surface area contributed by atoms with Crippen molar-refractivity contribution in [3.8, 4) is 0 Å². The molecule has 0 aliphatic carbocycles. The minimum absolute atomic E-state index is 0.101. The number of anilines is 1.